The van der Waals surface area contributed by atoms with Gasteiger partial charge in [0.1, 0.15) is 0 Å². The summed E-state index contributed by atoms with van der Waals surface area (Å²) in [5, 5.41) is 8.68. The summed E-state index contributed by atoms with van der Waals surface area (Å²) < 4.78 is 32.8. The lowest BCUT2D eigenvalue weighted by Crippen LogP contribution is -2.35. The van der Waals surface area contributed by atoms with E-state index in [1.807, 2.05) is 0 Å². The molecular formula is C21H23N3O3S2. The van der Waals surface area contributed by atoms with Gasteiger partial charge in [-0.05, 0) is 49.6 Å². The summed E-state index contributed by atoms with van der Waals surface area (Å²) >= 11 is 1.48. The second-order valence-corrected chi connectivity index (χ2v) is 10.0. The van der Waals surface area contributed by atoms with Crippen molar-refractivity contribution in [2.24, 2.45) is 0 Å². The minimum atomic E-state index is -3.44. The average Bonchev–Trinajstić information content (AvgIpc) is 3.23. The lowest BCUT2D eigenvalue weighted by atomic mass is 10.2. The topological polar surface area (TPSA) is 76.3 Å². The normalized spacial score (nSPS) is 15.5. The zero-order valence-electron chi connectivity index (χ0n) is 16.2. The molecule has 0 N–H and O–H groups in total. The van der Waals surface area contributed by atoms with Crippen LogP contribution in [-0.4, -0.2) is 36.0 Å². The van der Waals surface area contributed by atoms with E-state index in [0.717, 1.165) is 25.0 Å². The molecule has 0 unspecified atom stereocenters. The van der Waals surface area contributed by atoms with Crippen LogP contribution >= 0.6 is 11.8 Å². The van der Waals surface area contributed by atoms with Gasteiger partial charge in [-0.3, -0.25) is 0 Å². The molecule has 6 nitrogen and oxygen atoms in total. The van der Waals surface area contributed by atoms with Crippen molar-refractivity contribution in [3.63, 3.8) is 0 Å². The van der Waals surface area contributed by atoms with Crippen molar-refractivity contribution < 1.29 is 12.8 Å². The average molecular weight is 430 g/mol. The van der Waals surface area contributed by atoms with E-state index in [0.29, 0.717) is 34.7 Å². The number of hydrogen-bond acceptors (Lipinski definition) is 6. The van der Waals surface area contributed by atoms with Crippen molar-refractivity contribution in [2.75, 3.05) is 13.1 Å². The Kier molecular flexibility index (Phi) is 6.03. The van der Waals surface area contributed by atoms with Crippen LogP contribution in [0.4, 0.5) is 0 Å². The van der Waals surface area contributed by atoms with Gasteiger partial charge < -0.3 is 4.42 Å². The first-order chi connectivity index (χ1) is 14.0. The number of nitrogens with zero attached hydrogens (tertiary/aromatic N) is 3. The molecule has 1 aliphatic heterocycles. The summed E-state index contributed by atoms with van der Waals surface area (Å²) in [7, 11) is -3.44. The largest absolute Gasteiger partial charge is 0.411 e. The van der Waals surface area contributed by atoms with E-state index in [-0.39, 0.29) is 0 Å². The molecule has 1 aromatic heterocycles. The zero-order chi connectivity index (χ0) is 20.3. The molecular weight excluding hydrogens is 406 g/mol. The van der Waals surface area contributed by atoms with Gasteiger partial charge in [-0.1, -0.05) is 48.0 Å². The third-order valence-corrected chi connectivity index (χ3v) is 7.75. The maximum atomic E-state index is 12.8. The lowest BCUT2D eigenvalue weighted by molar-refractivity contribution is 0.346. The lowest BCUT2D eigenvalue weighted by Gasteiger charge is -2.25. The highest BCUT2D eigenvalue weighted by atomic mass is 32.2. The van der Waals surface area contributed by atoms with Crippen molar-refractivity contribution in [1.82, 2.24) is 14.5 Å². The molecule has 2 heterocycles. The number of piperidine rings is 1. The first kappa shape index (κ1) is 20.1. The van der Waals surface area contributed by atoms with E-state index in [1.54, 1.807) is 28.6 Å². The molecule has 152 valence electrons. The van der Waals surface area contributed by atoms with Crippen molar-refractivity contribution in [1.29, 1.82) is 0 Å². The van der Waals surface area contributed by atoms with E-state index in [9.17, 15) is 8.42 Å². The molecule has 0 spiro atoms. The zero-order valence-corrected chi connectivity index (χ0v) is 17.9. The maximum absolute atomic E-state index is 12.8. The highest BCUT2D eigenvalue weighted by Crippen LogP contribution is 2.27. The highest BCUT2D eigenvalue weighted by Gasteiger charge is 2.25. The van der Waals surface area contributed by atoms with E-state index in [2.05, 4.69) is 41.4 Å². The third kappa shape index (κ3) is 4.71. The molecule has 0 saturated carbocycles. The number of thioether (sulfide) groups is 1. The Morgan fingerprint density at radius 1 is 0.966 bits per heavy atom. The minimum Gasteiger partial charge on any atom is -0.411 e. The molecule has 0 radical (unpaired) electrons. The van der Waals surface area contributed by atoms with Crippen LogP contribution in [-0.2, 0) is 15.8 Å². The Labute approximate surface area is 175 Å². The van der Waals surface area contributed by atoms with Crippen LogP contribution in [0.15, 0.2) is 63.1 Å². The Bertz CT molecular complexity index is 1060. The summed E-state index contributed by atoms with van der Waals surface area (Å²) in [6, 6.07) is 15.0. The molecule has 8 heteroatoms. The van der Waals surface area contributed by atoms with Crippen molar-refractivity contribution in [2.45, 2.75) is 42.1 Å². The Morgan fingerprint density at radius 2 is 1.66 bits per heavy atom. The van der Waals surface area contributed by atoms with Gasteiger partial charge >= 0.3 is 0 Å². The summed E-state index contributed by atoms with van der Waals surface area (Å²) in [6.07, 6.45) is 2.93. The van der Waals surface area contributed by atoms with Crippen molar-refractivity contribution in [3.8, 4) is 11.5 Å². The third-order valence-electron chi connectivity index (χ3n) is 4.94. The first-order valence-electron chi connectivity index (χ1n) is 9.65. The van der Waals surface area contributed by atoms with E-state index >= 15 is 0 Å². The number of aromatic nitrogens is 2. The van der Waals surface area contributed by atoms with Crippen LogP contribution in [0.2, 0.25) is 0 Å². The molecule has 2 aromatic carbocycles. The van der Waals surface area contributed by atoms with Crippen LogP contribution in [0.25, 0.3) is 11.5 Å². The number of benzene rings is 2. The Hall–Kier alpha value is -2.16. The molecule has 0 atom stereocenters. The fourth-order valence-electron chi connectivity index (χ4n) is 3.24. The number of hydrogen-bond donors (Lipinski definition) is 0. The van der Waals surface area contributed by atoms with Crippen LogP contribution in [0.3, 0.4) is 0 Å². The smallest absolute Gasteiger partial charge is 0.277 e. The fourth-order valence-corrected chi connectivity index (χ4v) is 5.47. The monoisotopic (exact) mass is 429 g/mol. The molecule has 3 aromatic rings. The van der Waals surface area contributed by atoms with E-state index in [4.69, 9.17) is 4.42 Å². The van der Waals surface area contributed by atoms with Gasteiger partial charge in [0.05, 0.1) is 4.90 Å². The molecule has 0 bridgehead atoms. The molecule has 1 saturated heterocycles. The fraction of sp³-hybridized carbons (Fsp3) is 0.333. The summed E-state index contributed by atoms with van der Waals surface area (Å²) in [4.78, 5) is 0.302. The Balaban J connectivity index is 1.43. The standard InChI is InChI=1S/C21H23N3O3S2/c1-16-5-7-17(8-6-16)15-28-21-23-22-20(27-21)18-9-11-19(12-10-18)29(25,26)24-13-3-2-4-14-24/h5-12H,2-4,13-15H2,1H3. The number of rotatable bonds is 6. The SMILES string of the molecule is Cc1ccc(CSc2nnc(-c3ccc(S(=O)(=O)N4CCCCC4)cc3)o2)cc1. The molecule has 4 rings (SSSR count). The van der Waals surface area contributed by atoms with Crippen LogP contribution in [0.1, 0.15) is 30.4 Å². The number of sulfonamides is 1. The van der Waals surface area contributed by atoms with E-state index in [1.165, 1.54) is 22.9 Å². The van der Waals surface area contributed by atoms with Crippen LogP contribution in [0, 0.1) is 6.92 Å². The summed E-state index contributed by atoms with van der Waals surface area (Å²) in [5.41, 5.74) is 3.12. The first-order valence-corrected chi connectivity index (χ1v) is 12.1. The molecule has 29 heavy (non-hydrogen) atoms. The summed E-state index contributed by atoms with van der Waals surface area (Å²) in [6.45, 7) is 3.24. The van der Waals surface area contributed by atoms with Gasteiger partial charge in [0, 0.05) is 24.4 Å². The predicted octanol–water partition coefficient (Wildman–Crippen LogP) is 4.51. The predicted molar refractivity (Wildman–Crippen MR) is 113 cm³/mol. The van der Waals surface area contributed by atoms with Gasteiger partial charge in [-0.15, -0.1) is 10.2 Å². The highest BCUT2D eigenvalue weighted by molar-refractivity contribution is 7.98. The second kappa shape index (κ2) is 8.69. The molecule has 1 fully saturated rings. The van der Waals surface area contributed by atoms with Gasteiger partial charge in [-0.2, -0.15) is 4.31 Å². The quantitative estimate of drug-likeness (QED) is 0.537. The van der Waals surface area contributed by atoms with Crippen molar-refractivity contribution >= 4 is 21.8 Å². The van der Waals surface area contributed by atoms with Crippen LogP contribution < -0.4 is 0 Å². The second-order valence-electron chi connectivity index (χ2n) is 7.14. The molecule has 0 amide bonds. The molecule has 1 aliphatic rings. The van der Waals surface area contributed by atoms with Gasteiger partial charge in [0.15, 0.2) is 0 Å². The molecule has 0 aliphatic carbocycles. The van der Waals surface area contributed by atoms with Gasteiger partial charge in [0.25, 0.3) is 5.22 Å². The van der Waals surface area contributed by atoms with Gasteiger partial charge in [-0.25, -0.2) is 8.42 Å². The number of aryl methyl sites for hydroxylation is 1. The minimum absolute atomic E-state index is 0.302. The summed E-state index contributed by atoms with van der Waals surface area (Å²) in [5.74, 6) is 1.13. The van der Waals surface area contributed by atoms with Gasteiger partial charge in [0.2, 0.25) is 15.9 Å². The maximum Gasteiger partial charge on any atom is 0.277 e. The van der Waals surface area contributed by atoms with E-state index < -0.39 is 10.0 Å². The van der Waals surface area contributed by atoms with Crippen molar-refractivity contribution in [3.05, 3.63) is 59.7 Å². The van der Waals surface area contributed by atoms with Crippen LogP contribution in [0.5, 0.6) is 0 Å². The Morgan fingerprint density at radius 3 is 2.34 bits per heavy atom.